The minimum atomic E-state index is -5.39. The van der Waals surface area contributed by atoms with Crippen LogP contribution in [0.1, 0.15) is 90.9 Å². The molecule has 0 amide bonds. The van der Waals surface area contributed by atoms with Crippen LogP contribution < -0.4 is 29.4 Å². The van der Waals surface area contributed by atoms with E-state index in [1.165, 1.54) is 38.5 Å². The standard InChI is InChI=1S/C16H34O4S.2H3O4P.3Zn/c1-3-5-7-9-11-13-15-19-21(17,18)20-16-14-12-10-8-6-4-2;2*1-5(2,3)4;;;/h3-16H2,1-2H3;2*(H3,1,2,3,4);;;/q;;;3*+2/p-6. The smallest absolute Gasteiger partial charge is 0.822 e. The van der Waals surface area contributed by atoms with Gasteiger partial charge < -0.3 is 38.5 Å². The van der Waals surface area contributed by atoms with Crippen molar-refractivity contribution >= 4 is 26.0 Å². The monoisotopic (exact) mass is 704 g/mol. The Hall–Kier alpha value is 1.96. The van der Waals surface area contributed by atoms with Crippen LogP contribution in [0.4, 0.5) is 0 Å². The molecule has 0 aromatic rings. The van der Waals surface area contributed by atoms with E-state index >= 15 is 0 Å². The molecule has 0 heterocycles. The largest absolute Gasteiger partial charge is 2.00 e. The van der Waals surface area contributed by atoms with E-state index in [1.54, 1.807) is 0 Å². The fourth-order valence-corrected chi connectivity index (χ4v) is 2.83. The molecule has 0 bridgehead atoms. The third-order valence-corrected chi connectivity index (χ3v) is 4.36. The van der Waals surface area contributed by atoms with Crippen molar-refractivity contribution in [3.05, 3.63) is 0 Å². The van der Waals surface area contributed by atoms with Crippen molar-refractivity contribution in [2.75, 3.05) is 13.2 Å². The molecule has 0 unspecified atom stereocenters. The second-order valence-electron chi connectivity index (χ2n) is 6.48. The van der Waals surface area contributed by atoms with Gasteiger partial charge in [-0.1, -0.05) is 78.1 Å². The Balaban J connectivity index is -0.000000127. The summed E-state index contributed by atoms with van der Waals surface area (Å²) in [6.07, 6.45) is 13.3. The first-order valence-electron chi connectivity index (χ1n) is 10.1. The quantitative estimate of drug-likeness (QED) is 0.111. The van der Waals surface area contributed by atoms with Gasteiger partial charge in [0.2, 0.25) is 0 Å². The Kier molecular flexibility index (Phi) is 44.9. The van der Waals surface area contributed by atoms with Gasteiger partial charge in [-0.25, -0.2) is 8.37 Å². The molecule has 0 spiro atoms. The third kappa shape index (κ3) is 76.5. The van der Waals surface area contributed by atoms with Crippen molar-refractivity contribution in [3.8, 4) is 0 Å². The number of hydrogen-bond donors (Lipinski definition) is 0. The summed E-state index contributed by atoms with van der Waals surface area (Å²) in [7, 11) is -14.6. The molecule has 0 aromatic carbocycles. The molecule has 0 aliphatic heterocycles. The fraction of sp³-hybridized carbons (Fsp3) is 1.00. The zero-order valence-corrected chi connectivity index (χ0v) is 31.7. The summed E-state index contributed by atoms with van der Waals surface area (Å²) < 4.78 is 49.7. The first-order valence-corrected chi connectivity index (χ1v) is 14.4. The van der Waals surface area contributed by atoms with Crippen molar-refractivity contribution in [1.29, 1.82) is 0 Å². The molecule has 0 aliphatic carbocycles. The van der Waals surface area contributed by atoms with Gasteiger partial charge in [0.05, 0.1) is 13.2 Å². The van der Waals surface area contributed by atoms with E-state index in [9.17, 15) is 8.42 Å². The summed E-state index contributed by atoms with van der Waals surface area (Å²) >= 11 is 0. The van der Waals surface area contributed by atoms with E-state index in [-0.39, 0.29) is 71.6 Å². The Morgan fingerprint density at radius 1 is 0.529 bits per heavy atom. The molecule has 34 heavy (non-hydrogen) atoms. The predicted octanol–water partition coefficient (Wildman–Crippen LogP) is -0.671. The van der Waals surface area contributed by atoms with Crippen LogP contribution in [0, 0.1) is 0 Å². The van der Waals surface area contributed by atoms with Gasteiger partial charge in [0.25, 0.3) is 0 Å². The van der Waals surface area contributed by atoms with E-state index in [4.69, 9.17) is 46.9 Å². The Labute approximate surface area is 242 Å². The second kappa shape index (κ2) is 31.2. The molecule has 0 atom stereocenters. The van der Waals surface area contributed by atoms with E-state index in [0.29, 0.717) is 0 Å². The molecule has 192 valence electrons. The van der Waals surface area contributed by atoms with Crippen LogP contribution in [0.2, 0.25) is 0 Å². The van der Waals surface area contributed by atoms with Gasteiger partial charge in [0.1, 0.15) is 0 Å². The van der Waals surface area contributed by atoms with Crippen LogP contribution in [-0.2, 0) is 86.3 Å². The van der Waals surface area contributed by atoms with Crippen molar-refractivity contribution < 1.29 is 114 Å². The maximum absolute atomic E-state index is 11.5. The summed E-state index contributed by atoms with van der Waals surface area (Å²) in [6.45, 7) is 4.84. The molecule has 0 N–H and O–H groups in total. The van der Waals surface area contributed by atoms with Gasteiger partial charge in [-0.15, -0.1) is 0 Å². The summed E-state index contributed by atoms with van der Waals surface area (Å²) in [5, 5.41) is 0. The van der Waals surface area contributed by atoms with Crippen molar-refractivity contribution in [3.63, 3.8) is 0 Å². The maximum atomic E-state index is 11.5. The van der Waals surface area contributed by atoms with Gasteiger partial charge in [-0.05, 0) is 12.8 Å². The summed E-state index contributed by atoms with van der Waals surface area (Å²) in [5.74, 6) is 0. The minimum Gasteiger partial charge on any atom is -0.822 e. The number of rotatable bonds is 16. The topological polar surface area (TPSA) is 225 Å². The van der Waals surface area contributed by atoms with Gasteiger partial charge in [-0.2, -0.15) is 24.1 Å². The van der Waals surface area contributed by atoms with E-state index in [1.807, 2.05) is 0 Å². The summed E-state index contributed by atoms with van der Waals surface area (Å²) in [5.41, 5.74) is 0. The van der Waals surface area contributed by atoms with Gasteiger partial charge in [0.15, 0.2) is 0 Å². The molecule has 0 aromatic heterocycles. The molecular formula is C16H34O12P2SZn3. The number of hydrogen-bond acceptors (Lipinski definition) is 12. The Morgan fingerprint density at radius 3 is 0.971 bits per heavy atom. The maximum Gasteiger partial charge on any atom is 2.00 e. The van der Waals surface area contributed by atoms with Crippen LogP contribution >= 0.6 is 15.6 Å². The van der Waals surface area contributed by atoms with Crippen LogP contribution in [0.3, 0.4) is 0 Å². The Bertz CT molecular complexity index is 527. The predicted molar refractivity (Wildman–Crippen MR) is 103 cm³/mol. The molecule has 18 heteroatoms. The third-order valence-electron chi connectivity index (χ3n) is 3.45. The molecule has 0 saturated heterocycles. The Morgan fingerprint density at radius 2 is 0.735 bits per heavy atom. The second-order valence-corrected chi connectivity index (χ2v) is 9.56. The normalized spacial score (nSPS) is 10.8. The molecule has 12 nitrogen and oxygen atoms in total. The molecule has 0 saturated carbocycles. The van der Waals surface area contributed by atoms with Crippen molar-refractivity contribution in [2.45, 2.75) is 90.9 Å². The first-order chi connectivity index (χ1) is 14.1. The zero-order valence-electron chi connectivity index (χ0n) is 20.2. The number of phosphoric acid groups is 2. The van der Waals surface area contributed by atoms with Crippen molar-refractivity contribution in [1.82, 2.24) is 0 Å². The van der Waals surface area contributed by atoms with Crippen LogP contribution in [0.5, 0.6) is 0 Å². The fourth-order valence-electron chi connectivity index (χ4n) is 2.12. The molecule has 0 radical (unpaired) electrons. The summed E-state index contributed by atoms with van der Waals surface area (Å²) in [4.78, 5) is 51.3. The van der Waals surface area contributed by atoms with Crippen LogP contribution in [0.25, 0.3) is 0 Å². The first kappa shape index (κ1) is 49.0. The molecule has 0 aliphatic rings. The van der Waals surface area contributed by atoms with Crippen LogP contribution in [0.15, 0.2) is 0 Å². The van der Waals surface area contributed by atoms with Gasteiger partial charge in [-0.3, -0.25) is 0 Å². The molecule has 0 fully saturated rings. The number of unbranched alkanes of at least 4 members (excludes halogenated alkanes) is 10. The zero-order chi connectivity index (χ0) is 24.8. The SMILES string of the molecule is CCCCCCCCOS(=O)(=O)OCCCCCCCC.O=P([O-])([O-])[O-].O=P([O-])([O-])[O-].[Zn+2].[Zn+2].[Zn+2]. The average Bonchev–Trinajstić information content (AvgIpc) is 2.57. The average molecular weight is 709 g/mol. The minimum absolute atomic E-state index is 0. The summed E-state index contributed by atoms with van der Waals surface area (Å²) in [6, 6.07) is 0. The molecular weight excluding hydrogens is 674 g/mol. The van der Waals surface area contributed by atoms with Crippen LogP contribution in [-0.4, -0.2) is 21.6 Å². The van der Waals surface area contributed by atoms with E-state index < -0.39 is 26.0 Å². The van der Waals surface area contributed by atoms with Gasteiger partial charge in [0, 0.05) is 0 Å². The van der Waals surface area contributed by atoms with E-state index in [2.05, 4.69) is 13.8 Å². The van der Waals surface area contributed by atoms with Gasteiger partial charge >= 0.3 is 68.8 Å². The molecule has 0 rings (SSSR count). The van der Waals surface area contributed by atoms with Crippen molar-refractivity contribution in [2.24, 2.45) is 0 Å². The van der Waals surface area contributed by atoms with E-state index in [0.717, 1.165) is 38.5 Å².